The van der Waals surface area contributed by atoms with Gasteiger partial charge in [0, 0.05) is 31.9 Å². The van der Waals surface area contributed by atoms with E-state index in [-0.39, 0.29) is 5.41 Å². The van der Waals surface area contributed by atoms with Crippen LogP contribution in [0.5, 0.6) is 0 Å². The number of hydrogen-bond donors (Lipinski definition) is 1. The Morgan fingerprint density at radius 2 is 1.58 bits per heavy atom. The molecule has 0 radical (unpaired) electrons. The number of nitrogens with zero attached hydrogens (tertiary/aromatic N) is 2. The third-order valence-electron chi connectivity index (χ3n) is 3.56. The van der Waals surface area contributed by atoms with Crippen molar-refractivity contribution in [3.8, 4) is 0 Å². The molecule has 19 heavy (non-hydrogen) atoms. The van der Waals surface area contributed by atoms with E-state index >= 15 is 0 Å². The maximum Gasteiger partial charge on any atom is 0.234 e. The second-order valence-electron chi connectivity index (χ2n) is 5.94. The minimum Gasteiger partial charge on any atom is -0.369 e. The summed E-state index contributed by atoms with van der Waals surface area (Å²) in [6.07, 6.45) is 0. The summed E-state index contributed by atoms with van der Waals surface area (Å²) in [5, 5.41) is 0. The van der Waals surface area contributed by atoms with E-state index in [4.69, 9.17) is 4.55 Å². The first-order valence-electron chi connectivity index (χ1n) is 6.59. The zero-order valence-corrected chi connectivity index (χ0v) is 12.6. The van der Waals surface area contributed by atoms with Gasteiger partial charge in [0.15, 0.2) is 0 Å². The highest BCUT2D eigenvalue weighted by atomic mass is 32.2. The van der Waals surface area contributed by atoms with Crippen molar-refractivity contribution >= 4 is 17.0 Å². The summed E-state index contributed by atoms with van der Waals surface area (Å²) in [5.41, 5.74) is 2.69. The van der Waals surface area contributed by atoms with E-state index in [1.54, 1.807) is 4.31 Å². The van der Waals surface area contributed by atoms with Crippen LogP contribution < -0.4 is 4.90 Å². The lowest BCUT2D eigenvalue weighted by molar-refractivity contribution is 0.373. The van der Waals surface area contributed by atoms with E-state index in [1.807, 2.05) is 0 Å². The molecule has 2 rings (SSSR count). The monoisotopic (exact) mass is 282 g/mol. The van der Waals surface area contributed by atoms with Gasteiger partial charge in [-0.15, -0.1) is 0 Å². The molecule has 1 saturated heterocycles. The Morgan fingerprint density at radius 3 is 2.00 bits per heavy atom. The minimum atomic E-state index is -1.83. The smallest absolute Gasteiger partial charge is 0.234 e. The van der Waals surface area contributed by atoms with Gasteiger partial charge in [-0.1, -0.05) is 32.9 Å². The molecular formula is C14H22N2O2S. The fourth-order valence-electron chi connectivity index (χ4n) is 2.27. The minimum absolute atomic E-state index is 0.172. The lowest BCUT2D eigenvalue weighted by Crippen LogP contribution is -2.46. The van der Waals surface area contributed by atoms with Gasteiger partial charge < -0.3 is 4.90 Å². The molecule has 1 aliphatic rings. The lowest BCUT2D eigenvalue weighted by Gasteiger charge is -2.34. The number of rotatable bonds is 2. The average Bonchev–Trinajstić information content (AvgIpc) is 2.38. The number of benzene rings is 1. The molecule has 1 N–H and O–H groups in total. The third-order valence-corrected chi connectivity index (χ3v) is 4.36. The predicted molar refractivity (Wildman–Crippen MR) is 79.7 cm³/mol. The van der Waals surface area contributed by atoms with Crippen LogP contribution in [-0.4, -0.2) is 39.2 Å². The van der Waals surface area contributed by atoms with E-state index in [9.17, 15) is 4.21 Å². The van der Waals surface area contributed by atoms with Gasteiger partial charge >= 0.3 is 0 Å². The van der Waals surface area contributed by atoms with Gasteiger partial charge in [-0.05, 0) is 23.1 Å². The van der Waals surface area contributed by atoms with Crippen molar-refractivity contribution in [3.63, 3.8) is 0 Å². The summed E-state index contributed by atoms with van der Waals surface area (Å²) < 4.78 is 21.6. The maximum atomic E-state index is 11.0. The first kappa shape index (κ1) is 14.5. The second-order valence-corrected chi connectivity index (χ2v) is 6.92. The number of anilines is 1. The predicted octanol–water partition coefficient (Wildman–Crippen LogP) is 2.24. The molecule has 0 spiro atoms. The van der Waals surface area contributed by atoms with Crippen molar-refractivity contribution in [1.29, 1.82) is 0 Å². The van der Waals surface area contributed by atoms with E-state index in [0.29, 0.717) is 13.1 Å². The molecule has 106 valence electrons. The summed E-state index contributed by atoms with van der Waals surface area (Å²) in [6, 6.07) is 8.64. The van der Waals surface area contributed by atoms with Crippen LogP contribution in [0.15, 0.2) is 24.3 Å². The standard InChI is InChI=1S/C14H22N2O2S/c1-14(2,3)12-4-6-13(7-5-12)15-8-10-16(11-9-15)19(17)18/h4-7H,8-11H2,1-3H3,(H,17,18). The Morgan fingerprint density at radius 1 is 1.05 bits per heavy atom. The van der Waals surface area contributed by atoms with Gasteiger partial charge in [0.05, 0.1) is 0 Å². The first-order chi connectivity index (χ1) is 8.88. The molecule has 5 heteroatoms. The second kappa shape index (κ2) is 5.61. The molecule has 0 saturated carbocycles. The highest BCUT2D eigenvalue weighted by Gasteiger charge is 2.21. The Labute approximate surface area is 117 Å². The van der Waals surface area contributed by atoms with E-state index in [2.05, 4.69) is 49.9 Å². The van der Waals surface area contributed by atoms with Crippen molar-refractivity contribution in [2.24, 2.45) is 0 Å². The zero-order chi connectivity index (χ0) is 14.0. The molecule has 4 nitrogen and oxygen atoms in total. The van der Waals surface area contributed by atoms with Crippen LogP contribution in [0.3, 0.4) is 0 Å². The molecule has 0 amide bonds. The molecule has 0 bridgehead atoms. The molecule has 1 aliphatic heterocycles. The topological polar surface area (TPSA) is 43.8 Å². The molecular weight excluding hydrogens is 260 g/mol. The van der Waals surface area contributed by atoms with Crippen molar-refractivity contribution in [2.45, 2.75) is 26.2 Å². The fraction of sp³-hybridized carbons (Fsp3) is 0.571. The van der Waals surface area contributed by atoms with Gasteiger partial charge in [0.1, 0.15) is 0 Å². The molecule has 1 heterocycles. The quantitative estimate of drug-likeness (QED) is 0.846. The highest BCUT2D eigenvalue weighted by molar-refractivity contribution is 7.76. The molecule has 0 aromatic heterocycles. The lowest BCUT2D eigenvalue weighted by atomic mass is 9.87. The highest BCUT2D eigenvalue weighted by Crippen LogP contribution is 2.25. The Kier molecular flexibility index (Phi) is 4.28. The van der Waals surface area contributed by atoms with Crippen molar-refractivity contribution in [3.05, 3.63) is 29.8 Å². The molecule has 1 fully saturated rings. The molecule has 1 atom stereocenters. The van der Waals surface area contributed by atoms with Gasteiger partial charge in [-0.25, -0.2) is 4.21 Å². The summed E-state index contributed by atoms with van der Waals surface area (Å²) in [6.45, 7) is 9.46. The van der Waals surface area contributed by atoms with E-state index in [0.717, 1.165) is 13.1 Å². The number of hydrogen-bond acceptors (Lipinski definition) is 2. The van der Waals surface area contributed by atoms with Crippen molar-refractivity contribution < 1.29 is 8.76 Å². The van der Waals surface area contributed by atoms with E-state index in [1.165, 1.54) is 11.3 Å². The molecule has 1 unspecified atom stereocenters. The summed E-state index contributed by atoms with van der Waals surface area (Å²) in [4.78, 5) is 2.26. The average molecular weight is 282 g/mol. The fourth-order valence-corrected chi connectivity index (χ4v) is 2.75. The van der Waals surface area contributed by atoms with Gasteiger partial charge in [0.25, 0.3) is 0 Å². The SMILES string of the molecule is CC(C)(C)c1ccc(N2CCN(S(=O)O)CC2)cc1. The third kappa shape index (κ3) is 3.55. The molecule has 1 aromatic rings. The maximum absolute atomic E-state index is 11.0. The Balaban J connectivity index is 2.02. The Hall–Kier alpha value is -0.910. The molecule has 0 aliphatic carbocycles. The van der Waals surface area contributed by atoms with Gasteiger partial charge in [-0.2, -0.15) is 4.31 Å². The van der Waals surface area contributed by atoms with Crippen LogP contribution >= 0.6 is 0 Å². The summed E-state index contributed by atoms with van der Waals surface area (Å²) >= 11 is -1.83. The zero-order valence-electron chi connectivity index (χ0n) is 11.8. The van der Waals surface area contributed by atoms with E-state index < -0.39 is 11.3 Å². The van der Waals surface area contributed by atoms with Crippen molar-refractivity contribution in [1.82, 2.24) is 4.31 Å². The van der Waals surface area contributed by atoms with Crippen LogP contribution in [0.25, 0.3) is 0 Å². The van der Waals surface area contributed by atoms with Gasteiger partial charge in [-0.3, -0.25) is 4.55 Å². The Bertz CT molecular complexity index is 446. The summed E-state index contributed by atoms with van der Waals surface area (Å²) in [7, 11) is 0. The van der Waals surface area contributed by atoms with Crippen LogP contribution in [0.2, 0.25) is 0 Å². The first-order valence-corrected chi connectivity index (χ1v) is 7.66. The number of piperazine rings is 1. The van der Waals surface area contributed by atoms with Crippen LogP contribution in [0.1, 0.15) is 26.3 Å². The largest absolute Gasteiger partial charge is 0.369 e. The van der Waals surface area contributed by atoms with Crippen LogP contribution in [0.4, 0.5) is 5.69 Å². The van der Waals surface area contributed by atoms with Crippen molar-refractivity contribution in [2.75, 3.05) is 31.1 Å². The van der Waals surface area contributed by atoms with Crippen LogP contribution in [-0.2, 0) is 16.7 Å². The normalized spacial score (nSPS) is 19.5. The summed E-state index contributed by atoms with van der Waals surface area (Å²) in [5.74, 6) is 0. The van der Waals surface area contributed by atoms with Crippen LogP contribution in [0, 0.1) is 0 Å². The van der Waals surface area contributed by atoms with Gasteiger partial charge in [0.2, 0.25) is 11.3 Å². The molecule has 1 aromatic carbocycles.